The average Bonchev–Trinajstić information content (AvgIpc) is 2.53. The molecular formula is C7H12ClNOS. The zero-order chi connectivity index (χ0) is 8.27. The first kappa shape index (κ1) is 9.20. The fraction of sp³-hybridized carbons (Fsp3) is 0.857. The molecule has 1 saturated heterocycles. The highest BCUT2D eigenvalue weighted by molar-refractivity contribution is 7.99. The van der Waals surface area contributed by atoms with Gasteiger partial charge < -0.3 is 4.90 Å². The molecule has 0 spiro atoms. The lowest BCUT2D eigenvalue weighted by Crippen LogP contribution is -2.37. The zero-order valence-electron chi connectivity index (χ0n) is 6.55. The van der Waals surface area contributed by atoms with Gasteiger partial charge in [-0.25, -0.2) is 0 Å². The third kappa shape index (κ3) is 2.27. The van der Waals surface area contributed by atoms with Crippen molar-refractivity contribution < 1.29 is 4.79 Å². The van der Waals surface area contributed by atoms with Crippen LogP contribution in [0.3, 0.4) is 0 Å². The van der Waals surface area contributed by atoms with Gasteiger partial charge in [0.1, 0.15) is 5.88 Å². The van der Waals surface area contributed by atoms with E-state index in [1.165, 1.54) is 5.75 Å². The average molecular weight is 194 g/mol. The van der Waals surface area contributed by atoms with E-state index in [0.29, 0.717) is 6.04 Å². The highest BCUT2D eigenvalue weighted by Crippen LogP contribution is 2.21. The van der Waals surface area contributed by atoms with Gasteiger partial charge in [0.15, 0.2) is 0 Å². The van der Waals surface area contributed by atoms with Crippen molar-refractivity contribution in [3.63, 3.8) is 0 Å². The van der Waals surface area contributed by atoms with E-state index in [-0.39, 0.29) is 11.8 Å². The van der Waals surface area contributed by atoms with Crippen LogP contribution in [-0.2, 0) is 4.79 Å². The van der Waals surface area contributed by atoms with Crippen LogP contribution in [0.15, 0.2) is 0 Å². The van der Waals surface area contributed by atoms with E-state index < -0.39 is 0 Å². The summed E-state index contributed by atoms with van der Waals surface area (Å²) in [6.07, 6.45) is 1.11. The Balaban J connectivity index is 2.39. The molecular weight excluding hydrogens is 182 g/mol. The van der Waals surface area contributed by atoms with Gasteiger partial charge in [0.05, 0.1) is 0 Å². The molecule has 1 aliphatic heterocycles. The SMILES string of the molecule is CN(C(=O)CCl)C1CCSC1. The molecule has 11 heavy (non-hydrogen) atoms. The molecule has 4 heteroatoms. The van der Waals surface area contributed by atoms with Crippen LogP contribution < -0.4 is 0 Å². The normalized spacial score (nSPS) is 23.6. The number of hydrogen-bond acceptors (Lipinski definition) is 2. The van der Waals surface area contributed by atoms with E-state index in [1.54, 1.807) is 4.90 Å². The van der Waals surface area contributed by atoms with Gasteiger partial charge in [0.25, 0.3) is 0 Å². The van der Waals surface area contributed by atoms with Gasteiger partial charge in [-0.1, -0.05) is 0 Å². The number of thioether (sulfide) groups is 1. The number of alkyl halides is 1. The lowest BCUT2D eigenvalue weighted by Gasteiger charge is -2.22. The van der Waals surface area contributed by atoms with E-state index in [9.17, 15) is 4.79 Å². The van der Waals surface area contributed by atoms with Crippen molar-refractivity contribution >= 4 is 29.3 Å². The monoisotopic (exact) mass is 193 g/mol. The van der Waals surface area contributed by atoms with E-state index in [0.717, 1.165) is 12.2 Å². The van der Waals surface area contributed by atoms with E-state index in [2.05, 4.69) is 0 Å². The van der Waals surface area contributed by atoms with Crippen LogP contribution in [0, 0.1) is 0 Å². The molecule has 0 N–H and O–H groups in total. The molecule has 1 aliphatic rings. The summed E-state index contributed by atoms with van der Waals surface area (Å²) in [5, 5.41) is 0. The van der Waals surface area contributed by atoms with Crippen molar-refractivity contribution in [3.8, 4) is 0 Å². The largest absolute Gasteiger partial charge is 0.341 e. The third-order valence-corrected chi connectivity index (χ3v) is 3.33. The van der Waals surface area contributed by atoms with Gasteiger partial charge in [0.2, 0.25) is 5.91 Å². The maximum atomic E-state index is 11.1. The molecule has 1 fully saturated rings. The maximum absolute atomic E-state index is 11.1. The van der Waals surface area contributed by atoms with Crippen LogP contribution >= 0.6 is 23.4 Å². The Labute approximate surface area is 76.3 Å². The van der Waals surface area contributed by atoms with Crippen LogP contribution in [0.4, 0.5) is 0 Å². The van der Waals surface area contributed by atoms with Crippen LogP contribution in [-0.4, -0.2) is 41.3 Å². The number of halogens is 1. The minimum atomic E-state index is 0.0409. The summed E-state index contributed by atoms with van der Waals surface area (Å²) in [7, 11) is 1.83. The number of rotatable bonds is 2. The van der Waals surface area contributed by atoms with Gasteiger partial charge in [-0.3, -0.25) is 4.79 Å². The second-order valence-electron chi connectivity index (χ2n) is 2.66. The smallest absolute Gasteiger partial charge is 0.237 e. The molecule has 0 saturated carbocycles. The van der Waals surface area contributed by atoms with Gasteiger partial charge in [-0.15, -0.1) is 11.6 Å². The van der Waals surface area contributed by atoms with Crippen molar-refractivity contribution in [3.05, 3.63) is 0 Å². The quantitative estimate of drug-likeness (QED) is 0.615. The number of nitrogens with zero attached hydrogens (tertiary/aromatic N) is 1. The second-order valence-corrected chi connectivity index (χ2v) is 4.07. The first-order valence-electron chi connectivity index (χ1n) is 3.65. The van der Waals surface area contributed by atoms with Gasteiger partial charge in [-0.2, -0.15) is 11.8 Å². The lowest BCUT2D eigenvalue weighted by atomic mass is 10.2. The molecule has 1 rings (SSSR count). The molecule has 1 amide bonds. The first-order chi connectivity index (χ1) is 5.25. The maximum Gasteiger partial charge on any atom is 0.237 e. The number of carbonyl (C=O) groups excluding carboxylic acids is 1. The summed E-state index contributed by atoms with van der Waals surface area (Å²) in [5.41, 5.74) is 0. The molecule has 1 heterocycles. The molecule has 0 aromatic carbocycles. The first-order valence-corrected chi connectivity index (χ1v) is 5.34. The van der Waals surface area contributed by atoms with Crippen LogP contribution in [0.5, 0.6) is 0 Å². The Hall–Kier alpha value is 0.110. The minimum absolute atomic E-state index is 0.0409. The minimum Gasteiger partial charge on any atom is -0.341 e. The van der Waals surface area contributed by atoms with E-state index >= 15 is 0 Å². The summed E-state index contributed by atoms with van der Waals surface area (Å²) < 4.78 is 0. The van der Waals surface area contributed by atoms with Gasteiger partial charge in [0, 0.05) is 18.8 Å². The van der Waals surface area contributed by atoms with Crippen LogP contribution in [0.25, 0.3) is 0 Å². The summed E-state index contributed by atoms with van der Waals surface area (Å²) in [6, 6.07) is 0.422. The highest BCUT2D eigenvalue weighted by atomic mass is 35.5. The number of hydrogen-bond donors (Lipinski definition) is 0. The Morgan fingerprint density at radius 1 is 1.82 bits per heavy atom. The lowest BCUT2D eigenvalue weighted by molar-refractivity contribution is -0.128. The Morgan fingerprint density at radius 2 is 2.55 bits per heavy atom. The van der Waals surface area contributed by atoms with E-state index in [1.807, 2.05) is 18.8 Å². The fourth-order valence-electron chi connectivity index (χ4n) is 1.13. The van der Waals surface area contributed by atoms with Crippen molar-refractivity contribution in [1.29, 1.82) is 0 Å². The fourth-order valence-corrected chi connectivity index (χ4v) is 2.58. The standard InChI is InChI=1S/C7H12ClNOS/c1-9(7(10)4-8)6-2-3-11-5-6/h6H,2-5H2,1H3. The molecule has 0 radical (unpaired) electrons. The van der Waals surface area contributed by atoms with Crippen molar-refractivity contribution in [2.45, 2.75) is 12.5 Å². The predicted molar refractivity (Wildman–Crippen MR) is 49.2 cm³/mol. The Bertz CT molecular complexity index is 147. The number of carbonyl (C=O) groups is 1. The number of amides is 1. The molecule has 0 aromatic heterocycles. The van der Waals surface area contributed by atoms with Crippen molar-refractivity contribution in [2.24, 2.45) is 0 Å². The molecule has 64 valence electrons. The highest BCUT2D eigenvalue weighted by Gasteiger charge is 2.22. The summed E-state index contributed by atoms with van der Waals surface area (Å²) in [4.78, 5) is 12.9. The molecule has 0 bridgehead atoms. The molecule has 2 nitrogen and oxygen atoms in total. The van der Waals surface area contributed by atoms with Gasteiger partial charge in [-0.05, 0) is 12.2 Å². The zero-order valence-corrected chi connectivity index (χ0v) is 8.12. The van der Waals surface area contributed by atoms with Crippen LogP contribution in [0.2, 0.25) is 0 Å². The predicted octanol–water partition coefficient (Wildman–Crippen LogP) is 1.19. The van der Waals surface area contributed by atoms with Gasteiger partial charge >= 0.3 is 0 Å². The van der Waals surface area contributed by atoms with Crippen molar-refractivity contribution in [2.75, 3.05) is 24.4 Å². The Morgan fingerprint density at radius 3 is 3.00 bits per heavy atom. The summed E-state index contributed by atoms with van der Waals surface area (Å²) >= 11 is 7.33. The summed E-state index contributed by atoms with van der Waals surface area (Å²) in [5.74, 6) is 2.39. The Kier molecular flexibility index (Phi) is 3.52. The molecule has 0 aromatic rings. The molecule has 1 unspecified atom stereocenters. The third-order valence-electron chi connectivity index (χ3n) is 1.96. The van der Waals surface area contributed by atoms with E-state index in [4.69, 9.17) is 11.6 Å². The second kappa shape index (κ2) is 4.21. The van der Waals surface area contributed by atoms with Crippen molar-refractivity contribution in [1.82, 2.24) is 4.90 Å². The molecule has 0 aliphatic carbocycles. The van der Waals surface area contributed by atoms with Crippen LogP contribution in [0.1, 0.15) is 6.42 Å². The summed E-state index contributed by atoms with van der Waals surface area (Å²) in [6.45, 7) is 0. The topological polar surface area (TPSA) is 20.3 Å². The molecule has 1 atom stereocenters.